The highest BCUT2D eigenvalue weighted by Gasteiger charge is 2.40. The van der Waals surface area contributed by atoms with Crippen LogP contribution in [0.2, 0.25) is 0 Å². The zero-order valence-corrected chi connectivity index (χ0v) is 18.5. The van der Waals surface area contributed by atoms with E-state index in [9.17, 15) is 13.2 Å². The lowest BCUT2D eigenvalue weighted by atomic mass is 9.80. The molecule has 2 fully saturated rings. The maximum Gasteiger partial charge on any atom is 0.490 e. The molecule has 1 unspecified atom stereocenters. The molecule has 0 radical (unpaired) electrons. The van der Waals surface area contributed by atoms with Gasteiger partial charge in [-0.25, -0.2) is 19.7 Å². The highest BCUT2D eigenvalue weighted by Crippen LogP contribution is 2.34. The summed E-state index contributed by atoms with van der Waals surface area (Å²) >= 11 is 1.73. The SMILES string of the molecule is Cc1nc(CN2CCCC3(COCCN(c4ncccn4)C3)C2)cs1.O=C(O)C(F)(F)F. The smallest absolute Gasteiger partial charge is 0.475 e. The number of aromatic nitrogens is 3. The second-order valence-corrected chi connectivity index (χ2v) is 9.06. The van der Waals surface area contributed by atoms with E-state index in [2.05, 4.69) is 37.1 Å². The molecule has 8 nitrogen and oxygen atoms in total. The van der Waals surface area contributed by atoms with Crippen LogP contribution in [-0.2, 0) is 16.1 Å². The third kappa shape index (κ3) is 6.84. The van der Waals surface area contributed by atoms with Crippen molar-refractivity contribution < 1.29 is 27.8 Å². The van der Waals surface area contributed by atoms with Crippen molar-refractivity contribution in [2.45, 2.75) is 32.5 Å². The number of rotatable bonds is 3. The molecular formula is C20H26F3N5O3S. The van der Waals surface area contributed by atoms with Gasteiger partial charge in [0, 0.05) is 49.4 Å². The van der Waals surface area contributed by atoms with Crippen molar-refractivity contribution in [1.29, 1.82) is 0 Å². The molecule has 0 saturated carbocycles. The highest BCUT2D eigenvalue weighted by molar-refractivity contribution is 7.09. The van der Waals surface area contributed by atoms with Gasteiger partial charge < -0.3 is 14.7 Å². The van der Waals surface area contributed by atoms with E-state index in [0.717, 1.165) is 56.9 Å². The zero-order chi connectivity index (χ0) is 23.2. The van der Waals surface area contributed by atoms with Gasteiger partial charge in [0.15, 0.2) is 0 Å². The van der Waals surface area contributed by atoms with Crippen molar-refractivity contribution in [3.8, 4) is 0 Å². The first-order chi connectivity index (χ1) is 15.2. The highest BCUT2D eigenvalue weighted by atomic mass is 32.1. The first-order valence-corrected chi connectivity index (χ1v) is 11.1. The fourth-order valence-corrected chi connectivity index (χ4v) is 4.62. The number of piperidine rings is 1. The van der Waals surface area contributed by atoms with Gasteiger partial charge in [0.25, 0.3) is 0 Å². The summed E-state index contributed by atoms with van der Waals surface area (Å²) in [5, 5.41) is 10.5. The Morgan fingerprint density at radius 3 is 2.62 bits per heavy atom. The van der Waals surface area contributed by atoms with Crippen molar-refractivity contribution in [3.05, 3.63) is 34.5 Å². The van der Waals surface area contributed by atoms with E-state index in [1.807, 2.05) is 18.5 Å². The molecule has 1 spiro atoms. The summed E-state index contributed by atoms with van der Waals surface area (Å²) in [6.45, 7) is 8.58. The summed E-state index contributed by atoms with van der Waals surface area (Å²) in [7, 11) is 0. The molecule has 2 aromatic rings. The van der Waals surface area contributed by atoms with Gasteiger partial charge in [-0.2, -0.15) is 13.2 Å². The van der Waals surface area contributed by atoms with Gasteiger partial charge in [0.2, 0.25) is 5.95 Å². The third-order valence-corrected chi connectivity index (χ3v) is 6.13. The quantitative estimate of drug-likeness (QED) is 0.728. The fourth-order valence-electron chi connectivity index (χ4n) is 4.02. The summed E-state index contributed by atoms with van der Waals surface area (Å²) in [5.41, 5.74) is 1.34. The number of aryl methyl sites for hydroxylation is 1. The zero-order valence-electron chi connectivity index (χ0n) is 17.7. The molecule has 0 amide bonds. The maximum absolute atomic E-state index is 10.6. The molecule has 12 heteroatoms. The fraction of sp³-hybridized carbons (Fsp3) is 0.600. The number of nitrogens with zero attached hydrogens (tertiary/aromatic N) is 5. The van der Waals surface area contributed by atoms with E-state index in [-0.39, 0.29) is 5.41 Å². The number of thiazole rings is 1. The van der Waals surface area contributed by atoms with E-state index in [4.69, 9.17) is 14.6 Å². The summed E-state index contributed by atoms with van der Waals surface area (Å²) in [5.74, 6) is -1.94. The van der Waals surface area contributed by atoms with E-state index < -0.39 is 12.1 Å². The number of hydrogen-bond acceptors (Lipinski definition) is 8. The first-order valence-electron chi connectivity index (χ1n) is 10.2. The third-order valence-electron chi connectivity index (χ3n) is 5.31. The van der Waals surface area contributed by atoms with E-state index >= 15 is 0 Å². The second-order valence-electron chi connectivity index (χ2n) is 8.00. The molecule has 2 aliphatic heterocycles. The van der Waals surface area contributed by atoms with Crippen LogP contribution in [0, 0.1) is 12.3 Å². The molecular weight excluding hydrogens is 447 g/mol. The molecule has 4 rings (SSSR count). The number of likely N-dealkylation sites (tertiary alicyclic amines) is 1. The number of hydrogen-bond donors (Lipinski definition) is 1. The molecule has 2 aliphatic rings. The minimum atomic E-state index is -5.08. The molecule has 2 aromatic heterocycles. The Balaban J connectivity index is 0.000000360. The van der Waals surface area contributed by atoms with E-state index in [1.54, 1.807) is 11.3 Å². The van der Waals surface area contributed by atoms with Crippen molar-refractivity contribution in [1.82, 2.24) is 19.9 Å². The lowest BCUT2D eigenvalue weighted by Gasteiger charge is -2.43. The Labute approximate surface area is 188 Å². The van der Waals surface area contributed by atoms with Crippen molar-refractivity contribution in [2.75, 3.05) is 44.3 Å². The molecule has 0 aliphatic carbocycles. The van der Waals surface area contributed by atoms with Crippen molar-refractivity contribution in [3.63, 3.8) is 0 Å². The van der Waals surface area contributed by atoms with Gasteiger partial charge in [-0.3, -0.25) is 4.90 Å². The van der Waals surface area contributed by atoms with Crippen LogP contribution in [0.1, 0.15) is 23.5 Å². The summed E-state index contributed by atoms with van der Waals surface area (Å²) in [6.07, 6.45) is 0.954. The molecule has 1 N–H and O–H groups in total. The average molecular weight is 474 g/mol. The monoisotopic (exact) mass is 473 g/mol. The van der Waals surface area contributed by atoms with Crippen molar-refractivity contribution >= 4 is 23.3 Å². The summed E-state index contributed by atoms with van der Waals surface area (Å²) in [6, 6.07) is 1.87. The normalized spacial score (nSPS) is 22.2. The standard InChI is InChI=1S/C18H25N5OS.C2HF3O2/c1-15-21-16(11-25-15)10-22-7-2-4-18(12-22)13-23(8-9-24-14-18)17-19-5-3-6-20-17;3-2(4,5)1(6)7/h3,5-6,11H,2,4,7-10,12-14H2,1H3;(H,6,7). The molecule has 176 valence electrons. The Morgan fingerprint density at radius 2 is 2.00 bits per heavy atom. The van der Waals surface area contributed by atoms with E-state index in [1.165, 1.54) is 18.5 Å². The summed E-state index contributed by atoms with van der Waals surface area (Å²) in [4.78, 5) is 27.3. The van der Waals surface area contributed by atoms with Gasteiger partial charge in [-0.1, -0.05) is 0 Å². The van der Waals surface area contributed by atoms with Crippen LogP contribution in [0.3, 0.4) is 0 Å². The molecule has 2 saturated heterocycles. The van der Waals surface area contributed by atoms with Gasteiger partial charge in [0.1, 0.15) is 0 Å². The van der Waals surface area contributed by atoms with Crippen LogP contribution in [0.25, 0.3) is 0 Å². The minimum Gasteiger partial charge on any atom is -0.475 e. The van der Waals surface area contributed by atoms with Crippen LogP contribution in [0.4, 0.5) is 19.1 Å². The van der Waals surface area contributed by atoms with Gasteiger partial charge in [0.05, 0.1) is 23.9 Å². The molecule has 0 bridgehead atoms. The lowest BCUT2D eigenvalue weighted by molar-refractivity contribution is -0.192. The van der Waals surface area contributed by atoms with E-state index in [0.29, 0.717) is 0 Å². The van der Waals surface area contributed by atoms with Crippen molar-refractivity contribution in [2.24, 2.45) is 5.41 Å². The molecule has 1 atom stereocenters. The Bertz CT molecular complexity index is 883. The Morgan fingerprint density at radius 1 is 1.28 bits per heavy atom. The number of halogens is 3. The molecule has 0 aromatic carbocycles. The van der Waals surface area contributed by atoms with Gasteiger partial charge in [-0.15, -0.1) is 11.3 Å². The topological polar surface area (TPSA) is 91.7 Å². The number of carboxylic acid groups (broad SMARTS) is 1. The van der Waals surface area contributed by atoms with Crippen LogP contribution in [0.15, 0.2) is 23.8 Å². The number of alkyl halides is 3. The first kappa shape index (κ1) is 24.3. The molecule has 4 heterocycles. The number of aliphatic carboxylic acids is 1. The van der Waals surface area contributed by atoms with Crippen LogP contribution in [-0.4, -0.2) is 76.5 Å². The number of ether oxygens (including phenoxy) is 1. The average Bonchev–Trinajstić information content (AvgIpc) is 3.04. The molecule has 32 heavy (non-hydrogen) atoms. The Hall–Kier alpha value is -2.31. The van der Waals surface area contributed by atoms with Gasteiger partial charge >= 0.3 is 12.1 Å². The number of carboxylic acids is 1. The number of carbonyl (C=O) groups is 1. The van der Waals surface area contributed by atoms with Crippen LogP contribution < -0.4 is 4.90 Å². The number of anilines is 1. The maximum atomic E-state index is 10.6. The largest absolute Gasteiger partial charge is 0.490 e. The predicted molar refractivity (Wildman–Crippen MR) is 113 cm³/mol. The van der Waals surface area contributed by atoms with Crippen LogP contribution in [0.5, 0.6) is 0 Å². The van der Waals surface area contributed by atoms with Crippen LogP contribution >= 0.6 is 11.3 Å². The second kappa shape index (κ2) is 10.5. The van der Waals surface area contributed by atoms with Gasteiger partial charge in [-0.05, 0) is 32.4 Å². The lowest BCUT2D eigenvalue weighted by Crippen LogP contribution is -2.50. The summed E-state index contributed by atoms with van der Waals surface area (Å²) < 4.78 is 37.7. The predicted octanol–water partition coefficient (Wildman–Crippen LogP) is 2.99. The minimum absolute atomic E-state index is 0.152. The Kier molecular flexibility index (Phi) is 8.01.